The van der Waals surface area contributed by atoms with Gasteiger partial charge in [0.05, 0.1) is 5.69 Å². The van der Waals surface area contributed by atoms with E-state index < -0.39 is 23.9 Å². The molecule has 0 bridgehead atoms. The Labute approximate surface area is 179 Å². The minimum Gasteiger partial charge on any atom is -0.365 e. The lowest BCUT2D eigenvalue weighted by atomic mass is 10.0. The number of hydrogen-bond donors (Lipinski definition) is 2. The van der Waals surface area contributed by atoms with Gasteiger partial charge in [0, 0.05) is 18.1 Å². The highest BCUT2D eigenvalue weighted by atomic mass is 32.1. The molecule has 0 unspecified atom stereocenters. The largest absolute Gasteiger partial charge is 0.365 e. The molecule has 0 saturated carbocycles. The molecule has 10 heteroatoms. The average Bonchev–Trinajstić information content (AvgIpc) is 3.38. The molecule has 0 saturated heterocycles. The Kier molecular flexibility index (Phi) is 5.47. The molecule has 0 atom stereocenters. The number of anilines is 1. The highest BCUT2D eigenvalue weighted by Gasteiger charge is 2.25. The fourth-order valence-corrected chi connectivity index (χ4v) is 4.34. The average molecular weight is 441 g/mol. The molecule has 3 heterocycles. The molecule has 1 aromatic carbocycles. The van der Waals surface area contributed by atoms with Crippen LogP contribution < -0.4 is 11.1 Å². The number of nitrogens with two attached hydrogens (primary N) is 1. The third kappa shape index (κ3) is 3.77. The summed E-state index contributed by atoms with van der Waals surface area (Å²) in [6, 6.07) is 11.7. The summed E-state index contributed by atoms with van der Waals surface area (Å²) in [5.41, 5.74) is 6.61. The predicted molar refractivity (Wildman–Crippen MR) is 114 cm³/mol. The molecule has 4 rings (SSSR count). The number of fused-ring (bicyclic) bond motifs is 1. The number of nitrogens with one attached hydrogen (secondary N) is 1. The monoisotopic (exact) mass is 441 g/mol. The van der Waals surface area contributed by atoms with Crippen molar-refractivity contribution in [1.29, 1.82) is 0 Å². The Morgan fingerprint density at radius 1 is 1.23 bits per heavy atom. The van der Waals surface area contributed by atoms with Crippen molar-refractivity contribution in [1.82, 2.24) is 14.8 Å². The second kappa shape index (κ2) is 8.23. The van der Waals surface area contributed by atoms with Gasteiger partial charge in [0.25, 0.3) is 18.2 Å². The zero-order valence-corrected chi connectivity index (χ0v) is 17.1. The molecule has 31 heavy (non-hydrogen) atoms. The normalized spacial score (nSPS) is 11.2. The van der Waals surface area contributed by atoms with E-state index in [9.17, 15) is 18.4 Å². The lowest BCUT2D eigenvalue weighted by Gasteiger charge is -2.11. The molecule has 0 spiro atoms. The van der Waals surface area contributed by atoms with E-state index in [1.54, 1.807) is 36.4 Å². The van der Waals surface area contributed by atoms with Gasteiger partial charge in [0.15, 0.2) is 0 Å². The zero-order valence-electron chi connectivity index (χ0n) is 16.3. The number of nitrogens with zero attached hydrogens (tertiary/aromatic N) is 3. The van der Waals surface area contributed by atoms with Gasteiger partial charge < -0.3 is 11.1 Å². The molecule has 3 aromatic heterocycles. The van der Waals surface area contributed by atoms with Crippen LogP contribution in [0.4, 0.5) is 14.5 Å². The van der Waals surface area contributed by atoms with Crippen LogP contribution in [0.15, 0.2) is 48.7 Å². The minimum atomic E-state index is -2.80. The molecular weight excluding hydrogens is 424 g/mol. The first-order valence-corrected chi connectivity index (χ1v) is 10.2. The maximum atomic E-state index is 13.5. The van der Waals surface area contributed by atoms with Gasteiger partial charge in [-0.25, -0.2) is 13.8 Å². The lowest BCUT2D eigenvalue weighted by molar-refractivity contribution is 0.100. The molecule has 2 amide bonds. The van der Waals surface area contributed by atoms with Crippen molar-refractivity contribution in [2.45, 2.75) is 19.9 Å². The van der Waals surface area contributed by atoms with E-state index in [2.05, 4.69) is 15.4 Å². The van der Waals surface area contributed by atoms with Gasteiger partial charge in [-0.15, -0.1) is 11.3 Å². The number of carbonyl (C=O) groups excluding carboxylic acids is 2. The smallest absolute Gasteiger partial charge is 0.280 e. The maximum Gasteiger partial charge on any atom is 0.280 e. The first-order chi connectivity index (χ1) is 14.9. The lowest BCUT2D eigenvalue weighted by Crippen LogP contribution is -2.19. The van der Waals surface area contributed by atoms with Crippen LogP contribution in [0.2, 0.25) is 0 Å². The number of thiophene rings is 1. The third-order valence-corrected chi connectivity index (χ3v) is 5.80. The van der Waals surface area contributed by atoms with Crippen LogP contribution >= 0.6 is 11.3 Å². The van der Waals surface area contributed by atoms with Gasteiger partial charge >= 0.3 is 0 Å². The summed E-state index contributed by atoms with van der Waals surface area (Å²) < 4.78 is 28.5. The van der Waals surface area contributed by atoms with Gasteiger partial charge in [-0.3, -0.25) is 14.3 Å². The molecule has 158 valence electrons. The summed E-state index contributed by atoms with van der Waals surface area (Å²) in [4.78, 5) is 29.3. The van der Waals surface area contributed by atoms with E-state index in [-0.39, 0.29) is 21.1 Å². The summed E-state index contributed by atoms with van der Waals surface area (Å²) in [5.74, 6) is -1.29. The number of pyridine rings is 1. The van der Waals surface area contributed by atoms with E-state index in [0.717, 1.165) is 11.3 Å². The molecule has 0 aliphatic rings. The zero-order chi connectivity index (χ0) is 22.1. The van der Waals surface area contributed by atoms with Crippen molar-refractivity contribution in [2.24, 2.45) is 5.73 Å². The summed E-state index contributed by atoms with van der Waals surface area (Å²) in [5, 5.41) is 7.19. The third-order valence-electron chi connectivity index (χ3n) is 4.70. The quantitative estimate of drug-likeness (QED) is 0.461. The minimum absolute atomic E-state index is 0.0296. The van der Waals surface area contributed by atoms with Gasteiger partial charge in [0.1, 0.15) is 21.1 Å². The summed E-state index contributed by atoms with van der Waals surface area (Å²) in [7, 11) is 0. The Morgan fingerprint density at radius 3 is 2.61 bits per heavy atom. The topological polar surface area (TPSA) is 103 Å². The maximum absolute atomic E-state index is 13.5. The number of hydrogen-bond acceptors (Lipinski definition) is 5. The van der Waals surface area contributed by atoms with E-state index in [1.807, 2.05) is 6.92 Å². The number of aryl methyl sites for hydroxylation is 1. The van der Waals surface area contributed by atoms with Crippen LogP contribution in [-0.2, 0) is 6.54 Å². The number of alkyl halides is 2. The number of carbonyl (C=O) groups is 2. The van der Waals surface area contributed by atoms with E-state index in [1.165, 1.54) is 16.9 Å². The fourth-order valence-electron chi connectivity index (χ4n) is 3.32. The second-order valence-corrected chi connectivity index (χ2v) is 7.60. The molecule has 0 aliphatic heterocycles. The van der Waals surface area contributed by atoms with E-state index in [0.29, 0.717) is 23.1 Å². The number of halogens is 2. The van der Waals surface area contributed by atoms with Crippen molar-refractivity contribution in [3.8, 4) is 11.1 Å². The standard InChI is InChI=1S/C21H17F2N5O2S/c1-2-28-14(8-9-25-28)20(30)27-16-15-12(11-6-4-3-5-7-11)10-13(18(22)23)26-21(15)31-17(16)19(24)29/h3-10,18H,2H2,1H3,(H2,24,29)(H,27,30). The molecule has 0 aliphatic carbocycles. The van der Waals surface area contributed by atoms with E-state index in [4.69, 9.17) is 5.73 Å². The van der Waals surface area contributed by atoms with E-state index >= 15 is 0 Å². The number of amides is 2. The van der Waals surface area contributed by atoms with Gasteiger partial charge in [-0.05, 0) is 30.2 Å². The van der Waals surface area contributed by atoms with Crippen LogP contribution in [0.5, 0.6) is 0 Å². The Morgan fingerprint density at radius 2 is 1.97 bits per heavy atom. The predicted octanol–water partition coefficient (Wildman–Crippen LogP) is 4.47. The van der Waals surface area contributed by atoms with Crippen molar-refractivity contribution >= 4 is 39.1 Å². The van der Waals surface area contributed by atoms with Crippen molar-refractivity contribution in [3.05, 3.63) is 64.9 Å². The number of rotatable bonds is 6. The Bertz CT molecular complexity index is 1280. The first-order valence-electron chi connectivity index (χ1n) is 9.34. The molecule has 0 fully saturated rings. The molecule has 3 N–H and O–H groups in total. The summed E-state index contributed by atoms with van der Waals surface area (Å²) in [6.07, 6.45) is -1.31. The summed E-state index contributed by atoms with van der Waals surface area (Å²) in [6.45, 7) is 2.30. The first kappa shape index (κ1) is 20.6. The van der Waals surface area contributed by atoms with Gasteiger partial charge in [-0.1, -0.05) is 30.3 Å². The molecule has 4 aromatic rings. The molecule has 7 nitrogen and oxygen atoms in total. The van der Waals surface area contributed by atoms with Crippen molar-refractivity contribution in [3.63, 3.8) is 0 Å². The summed E-state index contributed by atoms with van der Waals surface area (Å²) >= 11 is 0.865. The Hall–Kier alpha value is -3.66. The van der Waals surface area contributed by atoms with Crippen LogP contribution in [0.3, 0.4) is 0 Å². The van der Waals surface area contributed by atoms with Crippen LogP contribution in [0, 0.1) is 0 Å². The number of aromatic nitrogens is 3. The van der Waals surface area contributed by atoms with Crippen molar-refractivity contribution in [2.75, 3.05) is 5.32 Å². The van der Waals surface area contributed by atoms with Gasteiger partial charge in [-0.2, -0.15) is 5.10 Å². The van der Waals surface area contributed by atoms with Gasteiger partial charge in [0.2, 0.25) is 0 Å². The van der Waals surface area contributed by atoms with Crippen LogP contribution in [0.1, 0.15) is 39.2 Å². The highest BCUT2D eigenvalue weighted by molar-refractivity contribution is 7.21. The number of benzene rings is 1. The molecular formula is C21H17F2N5O2S. The van der Waals surface area contributed by atoms with Crippen LogP contribution in [0.25, 0.3) is 21.3 Å². The fraction of sp³-hybridized carbons (Fsp3) is 0.143. The SMILES string of the molecule is CCn1nccc1C(=O)Nc1c(C(N)=O)sc2nc(C(F)F)cc(-c3ccccc3)c12. The van der Waals surface area contributed by atoms with Crippen molar-refractivity contribution < 1.29 is 18.4 Å². The second-order valence-electron chi connectivity index (χ2n) is 6.60. The highest BCUT2D eigenvalue weighted by Crippen LogP contribution is 2.42. The van der Waals surface area contributed by atoms with Crippen LogP contribution in [-0.4, -0.2) is 26.6 Å². The number of primary amides is 1. The Balaban J connectivity index is 1.96. The molecule has 0 radical (unpaired) electrons.